The van der Waals surface area contributed by atoms with E-state index in [9.17, 15) is 0 Å². The maximum atomic E-state index is 6.31. The number of hydrogen-bond donors (Lipinski definition) is 3. The molecule has 0 aliphatic heterocycles. The van der Waals surface area contributed by atoms with Gasteiger partial charge in [0.1, 0.15) is 11.6 Å². The zero-order valence-corrected chi connectivity index (χ0v) is 13.7. The van der Waals surface area contributed by atoms with Gasteiger partial charge in [-0.2, -0.15) is 0 Å². The predicted molar refractivity (Wildman–Crippen MR) is 90.6 cm³/mol. The predicted octanol–water partition coefficient (Wildman–Crippen LogP) is 3.54. The first kappa shape index (κ1) is 15.4. The number of aryl methyl sites for hydroxylation is 1. The second kappa shape index (κ2) is 6.18. The van der Waals surface area contributed by atoms with Crippen LogP contribution in [-0.2, 0) is 0 Å². The highest BCUT2D eigenvalue weighted by Gasteiger charge is 2.18. The average molecular weight is 306 g/mol. The molecule has 0 bridgehead atoms. The van der Waals surface area contributed by atoms with Crippen molar-refractivity contribution in [1.82, 2.24) is 9.97 Å². The van der Waals surface area contributed by atoms with Crippen molar-refractivity contribution < 1.29 is 0 Å². The van der Waals surface area contributed by atoms with Gasteiger partial charge in [-0.15, -0.1) is 0 Å². The molecule has 0 unspecified atom stereocenters. The number of anilines is 3. The van der Waals surface area contributed by atoms with Gasteiger partial charge in [0.25, 0.3) is 0 Å². The molecule has 2 aromatic rings. The number of nitrogens with one attached hydrogen (secondary N) is 3. The molecule has 3 N–H and O–H groups in total. The highest BCUT2D eigenvalue weighted by molar-refractivity contribution is 6.31. The van der Waals surface area contributed by atoms with Crippen LogP contribution in [0.1, 0.15) is 11.3 Å². The zero-order chi connectivity index (χ0) is 15.6. The van der Waals surface area contributed by atoms with Gasteiger partial charge < -0.3 is 16.0 Å². The van der Waals surface area contributed by atoms with Gasteiger partial charge in [-0.05, 0) is 25.5 Å². The maximum Gasteiger partial charge on any atom is 0.139 e. The Morgan fingerprint density at radius 2 is 1.67 bits per heavy atom. The molecule has 112 valence electrons. The molecule has 0 aromatic carbocycles. The molecule has 0 spiro atoms. The number of rotatable bonds is 4. The molecule has 0 amide bonds. The molecule has 0 saturated heterocycles. The summed E-state index contributed by atoms with van der Waals surface area (Å²) in [6.45, 7) is 3.90. The molecule has 0 fully saturated rings. The standard InChI is InChI=1S/C15H20ClN5/c1-8-6-10(16)9(2)14(20-8)13-11(17-3)7-12(18-4)21-15(13)19-5/h6-7H,1-5H3,(H3,17,18,19,21). The molecule has 0 aliphatic carbocycles. The Balaban J connectivity index is 2.79. The number of halogens is 1. The second-order valence-corrected chi connectivity index (χ2v) is 5.15. The third-order valence-corrected chi connectivity index (χ3v) is 3.75. The van der Waals surface area contributed by atoms with E-state index in [1.807, 2.05) is 47.1 Å². The summed E-state index contributed by atoms with van der Waals surface area (Å²) in [6.07, 6.45) is 0. The number of nitrogens with zero attached hydrogens (tertiary/aromatic N) is 2. The van der Waals surface area contributed by atoms with Crippen LogP contribution in [0.2, 0.25) is 5.02 Å². The maximum absolute atomic E-state index is 6.31. The van der Waals surface area contributed by atoms with Crippen molar-refractivity contribution in [3.63, 3.8) is 0 Å². The van der Waals surface area contributed by atoms with Crippen molar-refractivity contribution in [3.8, 4) is 11.3 Å². The smallest absolute Gasteiger partial charge is 0.139 e. The summed E-state index contributed by atoms with van der Waals surface area (Å²) in [5, 5.41) is 10.1. The van der Waals surface area contributed by atoms with E-state index in [1.54, 1.807) is 0 Å². The third-order valence-electron chi connectivity index (χ3n) is 3.36. The SMILES string of the molecule is CNc1cc(NC)c(-c2nc(C)cc(Cl)c2C)c(NC)n1. The molecule has 5 nitrogen and oxygen atoms in total. The molecule has 21 heavy (non-hydrogen) atoms. The lowest BCUT2D eigenvalue weighted by Crippen LogP contribution is -2.06. The second-order valence-electron chi connectivity index (χ2n) is 4.75. The number of pyridine rings is 2. The van der Waals surface area contributed by atoms with Gasteiger partial charge in [0.05, 0.1) is 16.9 Å². The molecule has 2 heterocycles. The lowest BCUT2D eigenvalue weighted by atomic mass is 10.0. The number of hydrogen-bond acceptors (Lipinski definition) is 5. The minimum absolute atomic E-state index is 0.708. The summed E-state index contributed by atoms with van der Waals surface area (Å²) in [7, 11) is 5.57. The van der Waals surface area contributed by atoms with Gasteiger partial charge in [0.15, 0.2) is 0 Å². The molecule has 0 saturated carbocycles. The summed E-state index contributed by atoms with van der Waals surface area (Å²) in [6, 6.07) is 3.82. The van der Waals surface area contributed by atoms with Crippen LogP contribution in [0.5, 0.6) is 0 Å². The Labute approximate surface area is 130 Å². The van der Waals surface area contributed by atoms with Gasteiger partial charge in [-0.1, -0.05) is 11.6 Å². The van der Waals surface area contributed by atoms with Gasteiger partial charge in [0.2, 0.25) is 0 Å². The average Bonchev–Trinajstić information content (AvgIpc) is 2.49. The van der Waals surface area contributed by atoms with E-state index < -0.39 is 0 Å². The van der Waals surface area contributed by atoms with Gasteiger partial charge >= 0.3 is 0 Å². The number of aromatic nitrogens is 2. The summed E-state index contributed by atoms with van der Waals surface area (Å²) in [5.41, 5.74) is 4.51. The minimum atomic E-state index is 0.708. The van der Waals surface area contributed by atoms with Crippen molar-refractivity contribution in [1.29, 1.82) is 0 Å². The highest BCUT2D eigenvalue weighted by Crippen LogP contribution is 2.38. The van der Waals surface area contributed by atoms with Crippen LogP contribution in [0.15, 0.2) is 12.1 Å². The van der Waals surface area contributed by atoms with Crippen LogP contribution in [0, 0.1) is 13.8 Å². The van der Waals surface area contributed by atoms with Crippen LogP contribution >= 0.6 is 11.6 Å². The Hall–Kier alpha value is -2.01. The Kier molecular flexibility index (Phi) is 4.53. The fraction of sp³-hybridized carbons (Fsp3) is 0.333. The van der Waals surface area contributed by atoms with Crippen molar-refractivity contribution >= 4 is 28.9 Å². The summed E-state index contributed by atoms with van der Waals surface area (Å²) >= 11 is 6.31. The lowest BCUT2D eigenvalue weighted by molar-refractivity contribution is 1.16. The first-order valence-electron chi connectivity index (χ1n) is 6.74. The molecule has 2 rings (SSSR count). The van der Waals surface area contributed by atoms with Crippen LogP contribution in [0.25, 0.3) is 11.3 Å². The lowest BCUT2D eigenvalue weighted by Gasteiger charge is -2.17. The summed E-state index contributed by atoms with van der Waals surface area (Å²) < 4.78 is 0. The zero-order valence-electron chi connectivity index (χ0n) is 12.9. The highest BCUT2D eigenvalue weighted by atomic mass is 35.5. The molecule has 6 heteroatoms. The van der Waals surface area contributed by atoms with E-state index >= 15 is 0 Å². The minimum Gasteiger partial charge on any atom is -0.387 e. The molecule has 2 aromatic heterocycles. The van der Waals surface area contributed by atoms with E-state index in [0.29, 0.717) is 5.02 Å². The summed E-state index contributed by atoms with van der Waals surface area (Å²) in [4.78, 5) is 9.20. The van der Waals surface area contributed by atoms with E-state index in [1.165, 1.54) is 0 Å². The normalized spacial score (nSPS) is 10.4. The first-order chi connectivity index (χ1) is 10.0. The van der Waals surface area contributed by atoms with Crippen molar-refractivity contribution in [2.24, 2.45) is 0 Å². The van der Waals surface area contributed by atoms with Gasteiger partial charge in [-0.3, -0.25) is 4.98 Å². The monoisotopic (exact) mass is 305 g/mol. The quantitative estimate of drug-likeness (QED) is 0.806. The van der Waals surface area contributed by atoms with E-state index in [-0.39, 0.29) is 0 Å². The molecular formula is C15H20ClN5. The Morgan fingerprint density at radius 1 is 0.952 bits per heavy atom. The van der Waals surface area contributed by atoms with Crippen LogP contribution in [0.4, 0.5) is 17.3 Å². The van der Waals surface area contributed by atoms with Crippen LogP contribution in [-0.4, -0.2) is 31.1 Å². The Bertz CT molecular complexity index is 644. The first-order valence-corrected chi connectivity index (χ1v) is 7.12. The van der Waals surface area contributed by atoms with Crippen molar-refractivity contribution in [2.75, 3.05) is 37.1 Å². The van der Waals surface area contributed by atoms with Crippen molar-refractivity contribution in [2.45, 2.75) is 13.8 Å². The molecular weight excluding hydrogens is 286 g/mol. The van der Waals surface area contributed by atoms with Crippen LogP contribution < -0.4 is 16.0 Å². The largest absolute Gasteiger partial charge is 0.387 e. The Morgan fingerprint density at radius 3 is 2.24 bits per heavy atom. The molecule has 0 atom stereocenters. The van der Waals surface area contributed by atoms with E-state index in [2.05, 4.69) is 25.9 Å². The molecule has 0 aliphatic rings. The van der Waals surface area contributed by atoms with E-state index in [0.717, 1.165) is 39.8 Å². The third kappa shape index (κ3) is 2.88. The van der Waals surface area contributed by atoms with Gasteiger partial charge in [0, 0.05) is 37.9 Å². The topological polar surface area (TPSA) is 61.9 Å². The van der Waals surface area contributed by atoms with Crippen molar-refractivity contribution in [3.05, 3.63) is 28.4 Å². The van der Waals surface area contributed by atoms with Gasteiger partial charge in [-0.25, -0.2) is 4.98 Å². The fourth-order valence-electron chi connectivity index (χ4n) is 2.23. The van der Waals surface area contributed by atoms with Crippen LogP contribution in [0.3, 0.4) is 0 Å². The summed E-state index contributed by atoms with van der Waals surface area (Å²) in [5.74, 6) is 1.53. The molecule has 0 radical (unpaired) electrons. The fourth-order valence-corrected chi connectivity index (χ4v) is 2.48. The van der Waals surface area contributed by atoms with E-state index in [4.69, 9.17) is 11.6 Å².